The predicted octanol–water partition coefficient (Wildman–Crippen LogP) is 3.81. The maximum atomic E-state index is 13.9. The van der Waals surface area contributed by atoms with Crippen LogP contribution in [0.5, 0.6) is 17.2 Å². The molecule has 0 aliphatic rings. The van der Waals surface area contributed by atoms with Crippen LogP contribution >= 0.6 is 0 Å². The van der Waals surface area contributed by atoms with Gasteiger partial charge in [-0.1, -0.05) is 12.1 Å². The molecule has 0 N–H and O–H groups in total. The number of benzene rings is 2. The molecule has 3 nitrogen and oxygen atoms in total. The zero-order chi connectivity index (χ0) is 13.8. The fourth-order valence-electron chi connectivity index (χ4n) is 1.62. The van der Waals surface area contributed by atoms with Crippen LogP contribution in [0.15, 0.2) is 36.4 Å². The van der Waals surface area contributed by atoms with Gasteiger partial charge in [0.2, 0.25) is 0 Å². The third-order valence-corrected chi connectivity index (χ3v) is 2.69. The average Bonchev–Trinajstić information content (AvgIpc) is 2.43. The van der Waals surface area contributed by atoms with Crippen LogP contribution in [-0.4, -0.2) is 7.11 Å². The van der Waals surface area contributed by atoms with E-state index in [1.54, 1.807) is 37.3 Å². The molecule has 0 bridgehead atoms. The second-order valence-electron chi connectivity index (χ2n) is 3.96. The Hall–Kier alpha value is -2.54. The molecule has 96 valence electrons. The first-order chi connectivity index (χ1) is 9.15. The second-order valence-corrected chi connectivity index (χ2v) is 3.96. The molecule has 19 heavy (non-hydrogen) atoms. The van der Waals surface area contributed by atoms with Crippen molar-refractivity contribution in [2.24, 2.45) is 0 Å². The summed E-state index contributed by atoms with van der Waals surface area (Å²) in [5.74, 6) is 0.465. The highest BCUT2D eigenvalue weighted by Gasteiger charge is 2.11. The van der Waals surface area contributed by atoms with Crippen LogP contribution in [0.3, 0.4) is 0 Å². The molecule has 0 aliphatic carbocycles. The van der Waals surface area contributed by atoms with Crippen LogP contribution in [0.1, 0.15) is 11.1 Å². The van der Waals surface area contributed by atoms with Gasteiger partial charge in [-0.05, 0) is 30.7 Å². The fraction of sp³-hybridized carbons (Fsp3) is 0.133. The molecule has 0 saturated carbocycles. The van der Waals surface area contributed by atoms with E-state index in [4.69, 9.17) is 14.7 Å². The van der Waals surface area contributed by atoms with Crippen molar-refractivity contribution in [3.05, 3.63) is 53.3 Å². The molecule has 4 heteroatoms. The minimum absolute atomic E-state index is 0.0877. The Morgan fingerprint density at radius 1 is 1.16 bits per heavy atom. The highest BCUT2D eigenvalue weighted by atomic mass is 19.1. The zero-order valence-electron chi connectivity index (χ0n) is 10.6. The Labute approximate surface area is 110 Å². The fourth-order valence-corrected chi connectivity index (χ4v) is 1.62. The Balaban J connectivity index is 2.42. The van der Waals surface area contributed by atoms with Gasteiger partial charge in [0.1, 0.15) is 17.6 Å². The number of hydrogen-bond donors (Lipinski definition) is 0. The van der Waals surface area contributed by atoms with Crippen molar-refractivity contribution in [3.8, 4) is 23.3 Å². The van der Waals surface area contributed by atoms with Gasteiger partial charge in [0, 0.05) is 6.07 Å². The van der Waals surface area contributed by atoms with Gasteiger partial charge < -0.3 is 9.47 Å². The average molecular weight is 257 g/mol. The number of ether oxygens (including phenoxy) is 2. The Morgan fingerprint density at radius 2 is 1.95 bits per heavy atom. The van der Waals surface area contributed by atoms with E-state index in [-0.39, 0.29) is 11.5 Å². The molecule has 2 aromatic carbocycles. The number of methoxy groups -OCH3 is 1. The standard InChI is InChI=1S/C15H12FNO2/c1-10-4-3-5-13(15(10)16)19-14-8-12(18-2)7-6-11(14)9-17/h3-8H,1-2H3. The van der Waals surface area contributed by atoms with Gasteiger partial charge in [0.25, 0.3) is 0 Å². The van der Waals surface area contributed by atoms with Gasteiger partial charge in [0.05, 0.1) is 12.7 Å². The summed E-state index contributed by atoms with van der Waals surface area (Å²) >= 11 is 0. The quantitative estimate of drug-likeness (QED) is 0.839. The zero-order valence-corrected chi connectivity index (χ0v) is 10.6. The lowest BCUT2D eigenvalue weighted by atomic mass is 10.2. The number of nitrogens with zero attached hydrogens (tertiary/aromatic N) is 1. The van der Waals surface area contributed by atoms with Gasteiger partial charge in [-0.15, -0.1) is 0 Å². The van der Waals surface area contributed by atoms with E-state index in [9.17, 15) is 4.39 Å². The van der Waals surface area contributed by atoms with Crippen molar-refractivity contribution in [3.63, 3.8) is 0 Å². The van der Waals surface area contributed by atoms with Crippen LogP contribution in [0.4, 0.5) is 4.39 Å². The highest BCUT2D eigenvalue weighted by Crippen LogP contribution is 2.31. The van der Waals surface area contributed by atoms with Crippen molar-refractivity contribution in [1.82, 2.24) is 0 Å². The topological polar surface area (TPSA) is 42.2 Å². The summed E-state index contributed by atoms with van der Waals surface area (Å²) in [4.78, 5) is 0. The predicted molar refractivity (Wildman–Crippen MR) is 68.9 cm³/mol. The first-order valence-corrected chi connectivity index (χ1v) is 5.67. The number of hydrogen-bond acceptors (Lipinski definition) is 3. The van der Waals surface area contributed by atoms with E-state index in [2.05, 4.69) is 0 Å². The van der Waals surface area contributed by atoms with Crippen molar-refractivity contribution in [2.75, 3.05) is 7.11 Å². The van der Waals surface area contributed by atoms with Crippen molar-refractivity contribution >= 4 is 0 Å². The van der Waals surface area contributed by atoms with Gasteiger partial charge in [-0.2, -0.15) is 5.26 Å². The molecule has 2 aromatic rings. The molecule has 0 unspecified atom stereocenters. The van der Waals surface area contributed by atoms with Crippen LogP contribution in [-0.2, 0) is 0 Å². The molecule has 2 rings (SSSR count). The molecule has 0 fully saturated rings. The third-order valence-electron chi connectivity index (χ3n) is 2.69. The normalized spacial score (nSPS) is 9.79. The van der Waals surface area contributed by atoms with E-state index < -0.39 is 5.82 Å². The summed E-state index contributed by atoms with van der Waals surface area (Å²) in [6.45, 7) is 1.65. The summed E-state index contributed by atoms with van der Waals surface area (Å²) in [7, 11) is 1.51. The summed E-state index contributed by atoms with van der Waals surface area (Å²) in [5, 5.41) is 9.02. The van der Waals surface area contributed by atoms with Gasteiger partial charge in [-0.25, -0.2) is 4.39 Å². The molecular formula is C15H12FNO2. The molecule has 0 atom stereocenters. The monoisotopic (exact) mass is 257 g/mol. The second kappa shape index (κ2) is 5.40. The molecule has 0 aromatic heterocycles. The van der Waals surface area contributed by atoms with E-state index in [0.717, 1.165) is 0 Å². The lowest BCUT2D eigenvalue weighted by molar-refractivity contribution is 0.404. The van der Waals surface area contributed by atoms with Gasteiger partial charge in [-0.3, -0.25) is 0 Å². The highest BCUT2D eigenvalue weighted by molar-refractivity contribution is 5.49. The summed E-state index contributed by atoms with van der Waals surface area (Å²) in [6.07, 6.45) is 0. The molecule has 0 amide bonds. The molecule has 0 radical (unpaired) electrons. The molecule has 0 heterocycles. The first kappa shape index (κ1) is 12.9. The smallest absolute Gasteiger partial charge is 0.168 e. The van der Waals surface area contributed by atoms with Crippen molar-refractivity contribution in [1.29, 1.82) is 5.26 Å². The van der Waals surface area contributed by atoms with Gasteiger partial charge >= 0.3 is 0 Å². The maximum absolute atomic E-state index is 13.9. The van der Waals surface area contributed by atoms with Crippen molar-refractivity contribution in [2.45, 2.75) is 6.92 Å². The molecule has 0 spiro atoms. The summed E-state index contributed by atoms with van der Waals surface area (Å²) in [5.41, 5.74) is 0.806. The Kier molecular flexibility index (Phi) is 3.67. The first-order valence-electron chi connectivity index (χ1n) is 5.67. The summed E-state index contributed by atoms with van der Waals surface area (Å²) < 4.78 is 24.4. The van der Waals surface area contributed by atoms with E-state index >= 15 is 0 Å². The lowest BCUT2D eigenvalue weighted by Gasteiger charge is -2.10. The molecular weight excluding hydrogens is 245 g/mol. The Morgan fingerprint density at radius 3 is 2.63 bits per heavy atom. The SMILES string of the molecule is COc1ccc(C#N)c(Oc2cccc(C)c2F)c1. The van der Waals surface area contributed by atoms with Crippen LogP contribution in [0.2, 0.25) is 0 Å². The number of aryl methyl sites for hydroxylation is 1. The van der Waals surface area contributed by atoms with E-state index in [0.29, 0.717) is 16.9 Å². The Bertz CT molecular complexity index is 647. The maximum Gasteiger partial charge on any atom is 0.168 e. The lowest BCUT2D eigenvalue weighted by Crippen LogP contribution is -1.94. The minimum Gasteiger partial charge on any atom is -0.497 e. The van der Waals surface area contributed by atoms with Crippen molar-refractivity contribution < 1.29 is 13.9 Å². The third kappa shape index (κ3) is 2.66. The largest absolute Gasteiger partial charge is 0.497 e. The van der Waals surface area contributed by atoms with Crippen LogP contribution < -0.4 is 9.47 Å². The van der Waals surface area contributed by atoms with E-state index in [1.807, 2.05) is 6.07 Å². The molecule has 0 aliphatic heterocycles. The van der Waals surface area contributed by atoms with Gasteiger partial charge in [0.15, 0.2) is 11.6 Å². The van der Waals surface area contributed by atoms with Crippen LogP contribution in [0.25, 0.3) is 0 Å². The minimum atomic E-state index is -0.436. The number of nitriles is 1. The number of rotatable bonds is 3. The van der Waals surface area contributed by atoms with E-state index in [1.165, 1.54) is 13.2 Å². The van der Waals surface area contributed by atoms with Crippen LogP contribution in [0, 0.1) is 24.1 Å². The molecule has 0 saturated heterocycles. The number of halogens is 1. The summed E-state index contributed by atoms with van der Waals surface area (Å²) in [6, 6.07) is 11.6.